The summed E-state index contributed by atoms with van der Waals surface area (Å²) >= 11 is 0. The Morgan fingerprint density at radius 3 is 2.55 bits per heavy atom. The molecule has 0 N–H and O–H groups in total. The highest BCUT2D eigenvalue weighted by Crippen LogP contribution is 2.41. The number of methoxy groups -OCH3 is 2. The third-order valence-electron chi connectivity index (χ3n) is 6.57. The molecule has 0 bridgehead atoms. The van der Waals surface area contributed by atoms with E-state index in [1.54, 1.807) is 20.4 Å². The van der Waals surface area contributed by atoms with Crippen molar-refractivity contribution in [3.05, 3.63) is 41.2 Å². The van der Waals surface area contributed by atoms with E-state index in [4.69, 9.17) is 9.47 Å². The number of fused-ring (bicyclic) bond motifs is 1. The molecule has 0 saturated heterocycles. The van der Waals surface area contributed by atoms with Gasteiger partial charge in [-0.15, -0.1) is 0 Å². The van der Waals surface area contributed by atoms with Crippen LogP contribution in [0.15, 0.2) is 24.4 Å². The average Bonchev–Trinajstić information content (AvgIpc) is 3.41. The van der Waals surface area contributed by atoms with Gasteiger partial charge in [0.1, 0.15) is 0 Å². The van der Waals surface area contributed by atoms with Gasteiger partial charge in [0.05, 0.1) is 26.0 Å². The number of hydrogen-bond donors (Lipinski definition) is 0. The number of benzene rings is 1. The van der Waals surface area contributed by atoms with Crippen molar-refractivity contribution in [1.82, 2.24) is 14.7 Å². The van der Waals surface area contributed by atoms with E-state index in [9.17, 15) is 4.79 Å². The lowest BCUT2D eigenvalue weighted by Gasteiger charge is -2.38. The standard InChI is InChI=1S/C23H31N3O3/c1-25-19(10-12-24-25)23-18-15-21(29-3)20(28-2)14-17(18)11-13-26(23)22(27)9-8-16-6-4-5-7-16/h10,12,14-16,23H,4-9,11,13H2,1-3H3. The second-order valence-electron chi connectivity index (χ2n) is 8.21. The summed E-state index contributed by atoms with van der Waals surface area (Å²) < 4.78 is 12.9. The van der Waals surface area contributed by atoms with E-state index in [-0.39, 0.29) is 11.9 Å². The maximum absolute atomic E-state index is 13.3. The summed E-state index contributed by atoms with van der Waals surface area (Å²) in [6.45, 7) is 0.710. The van der Waals surface area contributed by atoms with Crippen molar-refractivity contribution in [2.24, 2.45) is 13.0 Å². The third kappa shape index (κ3) is 3.85. The summed E-state index contributed by atoms with van der Waals surface area (Å²) in [7, 11) is 5.24. The van der Waals surface area contributed by atoms with Gasteiger partial charge in [0.25, 0.3) is 0 Å². The van der Waals surface area contributed by atoms with Crippen LogP contribution >= 0.6 is 0 Å². The number of nitrogens with zero attached hydrogens (tertiary/aromatic N) is 3. The second-order valence-corrected chi connectivity index (χ2v) is 8.21. The Bertz CT molecular complexity index is 870. The van der Waals surface area contributed by atoms with Gasteiger partial charge in [-0.05, 0) is 48.1 Å². The first-order valence-corrected chi connectivity index (χ1v) is 10.6. The van der Waals surface area contributed by atoms with Gasteiger partial charge in [-0.2, -0.15) is 5.10 Å². The van der Waals surface area contributed by atoms with Crippen LogP contribution in [0.5, 0.6) is 11.5 Å². The Hall–Kier alpha value is -2.50. The van der Waals surface area contributed by atoms with Crippen LogP contribution in [0.4, 0.5) is 0 Å². The van der Waals surface area contributed by atoms with Gasteiger partial charge in [0.2, 0.25) is 5.91 Å². The van der Waals surface area contributed by atoms with Gasteiger partial charge in [-0.1, -0.05) is 25.7 Å². The minimum absolute atomic E-state index is 0.151. The molecule has 1 fully saturated rings. The van der Waals surface area contributed by atoms with Gasteiger partial charge in [-0.25, -0.2) is 0 Å². The fourth-order valence-electron chi connectivity index (χ4n) is 4.96. The van der Waals surface area contributed by atoms with Crippen LogP contribution in [0.3, 0.4) is 0 Å². The molecule has 1 saturated carbocycles. The van der Waals surface area contributed by atoms with Gasteiger partial charge < -0.3 is 14.4 Å². The molecule has 1 aromatic heterocycles. The third-order valence-corrected chi connectivity index (χ3v) is 6.57. The van der Waals surface area contributed by atoms with Gasteiger partial charge >= 0.3 is 0 Å². The Morgan fingerprint density at radius 2 is 1.90 bits per heavy atom. The Labute approximate surface area is 172 Å². The Kier molecular flexibility index (Phi) is 5.79. The second kappa shape index (κ2) is 8.47. The molecular weight excluding hydrogens is 366 g/mol. The van der Waals surface area contributed by atoms with Crippen LogP contribution in [-0.4, -0.2) is 41.4 Å². The van der Waals surface area contributed by atoms with Gasteiger partial charge in [0, 0.05) is 26.2 Å². The molecule has 1 amide bonds. The summed E-state index contributed by atoms with van der Waals surface area (Å²) in [5, 5.41) is 4.37. The number of aromatic nitrogens is 2. The topological polar surface area (TPSA) is 56.6 Å². The van der Waals surface area contributed by atoms with E-state index in [2.05, 4.69) is 11.2 Å². The van der Waals surface area contributed by atoms with Crippen molar-refractivity contribution in [1.29, 1.82) is 0 Å². The van der Waals surface area contributed by atoms with Crippen LogP contribution in [-0.2, 0) is 18.3 Å². The summed E-state index contributed by atoms with van der Waals surface area (Å²) in [6, 6.07) is 5.94. The molecule has 4 rings (SSSR count). The number of ether oxygens (including phenoxy) is 2. The first-order chi connectivity index (χ1) is 14.1. The maximum atomic E-state index is 13.3. The average molecular weight is 398 g/mol. The van der Waals surface area contributed by atoms with Crippen molar-refractivity contribution in [2.75, 3.05) is 20.8 Å². The molecule has 1 aliphatic carbocycles. The number of rotatable bonds is 6. The van der Waals surface area contributed by atoms with E-state index < -0.39 is 0 Å². The molecule has 156 valence electrons. The molecule has 0 spiro atoms. The Balaban J connectivity index is 1.67. The number of hydrogen-bond acceptors (Lipinski definition) is 4. The van der Waals surface area contributed by atoms with Crippen molar-refractivity contribution in [2.45, 2.75) is 51.0 Å². The van der Waals surface area contributed by atoms with Crippen LogP contribution in [0.25, 0.3) is 0 Å². The first-order valence-electron chi connectivity index (χ1n) is 10.6. The highest BCUT2D eigenvalue weighted by molar-refractivity contribution is 5.78. The minimum atomic E-state index is -0.151. The van der Waals surface area contributed by atoms with Crippen LogP contribution in [0.2, 0.25) is 0 Å². The number of amides is 1. The molecule has 0 radical (unpaired) electrons. The van der Waals surface area contributed by atoms with E-state index in [0.717, 1.165) is 35.8 Å². The monoisotopic (exact) mass is 397 g/mol. The van der Waals surface area contributed by atoms with E-state index in [1.807, 2.05) is 28.8 Å². The maximum Gasteiger partial charge on any atom is 0.223 e. The SMILES string of the molecule is COc1cc2c(cc1OC)C(c1ccnn1C)N(C(=O)CCC1CCCC1)CC2. The first kappa shape index (κ1) is 19.8. The highest BCUT2D eigenvalue weighted by Gasteiger charge is 2.35. The Morgan fingerprint density at radius 1 is 1.17 bits per heavy atom. The molecule has 29 heavy (non-hydrogen) atoms. The summed E-state index contributed by atoms with van der Waals surface area (Å²) in [5.41, 5.74) is 3.33. The zero-order valence-corrected chi connectivity index (χ0v) is 17.7. The zero-order chi connectivity index (χ0) is 20.4. The summed E-state index contributed by atoms with van der Waals surface area (Å²) in [6.07, 6.45) is 9.43. The molecule has 2 aliphatic rings. The van der Waals surface area contributed by atoms with Crippen molar-refractivity contribution in [3.8, 4) is 11.5 Å². The summed E-state index contributed by atoms with van der Waals surface area (Å²) in [5.74, 6) is 2.38. The predicted molar refractivity (Wildman–Crippen MR) is 111 cm³/mol. The van der Waals surface area contributed by atoms with Crippen molar-refractivity contribution >= 4 is 5.91 Å². The zero-order valence-electron chi connectivity index (χ0n) is 17.7. The van der Waals surface area contributed by atoms with Gasteiger partial charge in [-0.3, -0.25) is 9.48 Å². The van der Waals surface area contributed by atoms with E-state index >= 15 is 0 Å². The molecular formula is C23H31N3O3. The van der Waals surface area contributed by atoms with Crippen LogP contribution in [0, 0.1) is 5.92 Å². The van der Waals surface area contributed by atoms with E-state index in [1.165, 1.54) is 31.2 Å². The number of carbonyl (C=O) groups excluding carboxylic acids is 1. The molecule has 2 aromatic rings. The molecule has 2 heterocycles. The molecule has 1 aromatic carbocycles. The lowest BCUT2D eigenvalue weighted by Crippen LogP contribution is -2.41. The molecule has 6 heteroatoms. The minimum Gasteiger partial charge on any atom is -0.493 e. The molecule has 6 nitrogen and oxygen atoms in total. The number of carbonyl (C=O) groups is 1. The largest absolute Gasteiger partial charge is 0.493 e. The highest BCUT2D eigenvalue weighted by atomic mass is 16.5. The van der Waals surface area contributed by atoms with E-state index in [0.29, 0.717) is 18.7 Å². The number of aryl methyl sites for hydroxylation is 1. The normalized spacial score (nSPS) is 19.3. The van der Waals surface area contributed by atoms with Crippen molar-refractivity contribution in [3.63, 3.8) is 0 Å². The fraction of sp³-hybridized carbons (Fsp3) is 0.565. The van der Waals surface area contributed by atoms with Crippen LogP contribution in [0.1, 0.15) is 61.4 Å². The molecule has 1 atom stereocenters. The molecule has 1 aliphatic heterocycles. The fourth-order valence-corrected chi connectivity index (χ4v) is 4.96. The van der Waals surface area contributed by atoms with Crippen LogP contribution < -0.4 is 9.47 Å². The van der Waals surface area contributed by atoms with Crippen molar-refractivity contribution < 1.29 is 14.3 Å². The lowest BCUT2D eigenvalue weighted by atomic mass is 9.89. The predicted octanol–water partition coefficient (Wildman–Crippen LogP) is 3.88. The van der Waals surface area contributed by atoms with Gasteiger partial charge in [0.15, 0.2) is 11.5 Å². The summed E-state index contributed by atoms with van der Waals surface area (Å²) in [4.78, 5) is 15.3. The lowest BCUT2D eigenvalue weighted by molar-refractivity contribution is -0.133. The molecule has 1 unspecified atom stereocenters. The quantitative estimate of drug-likeness (QED) is 0.742. The smallest absolute Gasteiger partial charge is 0.223 e.